The Hall–Kier alpha value is -2.62. The van der Waals surface area contributed by atoms with Crippen molar-refractivity contribution in [1.29, 1.82) is 0 Å². The molecule has 0 heterocycles. The molecule has 0 bridgehead atoms. The van der Waals surface area contributed by atoms with E-state index in [0.29, 0.717) is 17.9 Å². The Kier molecular flexibility index (Phi) is 7.80. The second kappa shape index (κ2) is 10.1. The Morgan fingerprint density at radius 3 is 2.36 bits per heavy atom. The highest BCUT2D eigenvalue weighted by Crippen LogP contribution is 2.20. The number of hydrogen-bond acceptors (Lipinski definition) is 4. The molecule has 0 unspecified atom stereocenters. The lowest BCUT2D eigenvalue weighted by Gasteiger charge is -2.10. The van der Waals surface area contributed by atoms with E-state index in [-0.39, 0.29) is 34.8 Å². The molecule has 2 aromatic carbocycles. The van der Waals surface area contributed by atoms with Crippen LogP contribution in [0.2, 0.25) is 5.02 Å². The molecule has 0 spiro atoms. The van der Waals surface area contributed by atoms with E-state index in [0.717, 1.165) is 0 Å². The Labute approximate surface area is 168 Å². The van der Waals surface area contributed by atoms with Crippen LogP contribution in [0.25, 0.3) is 0 Å². The quantitative estimate of drug-likeness (QED) is 0.521. The van der Waals surface area contributed by atoms with Crippen LogP contribution >= 0.6 is 11.6 Å². The Morgan fingerprint density at radius 1 is 1.00 bits per heavy atom. The van der Waals surface area contributed by atoms with Crippen LogP contribution in [-0.4, -0.2) is 33.4 Å². The number of hydrogen-bond donors (Lipinski definition) is 4. The zero-order valence-corrected chi connectivity index (χ0v) is 16.7. The maximum Gasteiger partial charge on any atom is 0.319 e. The van der Waals surface area contributed by atoms with Gasteiger partial charge in [-0.2, -0.15) is 0 Å². The van der Waals surface area contributed by atoms with Crippen molar-refractivity contribution in [3.8, 4) is 0 Å². The van der Waals surface area contributed by atoms with Crippen molar-refractivity contribution in [3.63, 3.8) is 0 Å². The molecular formula is C18H21ClN4O4S. The van der Waals surface area contributed by atoms with Crippen LogP contribution in [0.1, 0.15) is 13.3 Å². The maximum atomic E-state index is 12.2. The molecule has 0 radical (unpaired) electrons. The van der Waals surface area contributed by atoms with E-state index >= 15 is 0 Å². The molecule has 2 aromatic rings. The van der Waals surface area contributed by atoms with Gasteiger partial charge in [-0.15, -0.1) is 0 Å². The fourth-order valence-electron chi connectivity index (χ4n) is 2.27. The van der Waals surface area contributed by atoms with Gasteiger partial charge in [-0.25, -0.2) is 17.9 Å². The lowest BCUT2D eigenvalue weighted by Crippen LogP contribution is -2.28. The predicted molar refractivity (Wildman–Crippen MR) is 109 cm³/mol. The minimum absolute atomic E-state index is 0.0405. The monoisotopic (exact) mass is 424 g/mol. The van der Waals surface area contributed by atoms with Crippen molar-refractivity contribution >= 4 is 44.9 Å². The molecule has 28 heavy (non-hydrogen) atoms. The Balaban J connectivity index is 1.87. The summed E-state index contributed by atoms with van der Waals surface area (Å²) < 4.78 is 26.8. The second-order valence-corrected chi connectivity index (χ2v) is 7.83. The average molecular weight is 425 g/mol. The second-order valence-electron chi connectivity index (χ2n) is 5.69. The molecule has 0 fully saturated rings. The van der Waals surface area contributed by atoms with Crippen molar-refractivity contribution in [2.24, 2.45) is 0 Å². The van der Waals surface area contributed by atoms with Crippen molar-refractivity contribution in [1.82, 2.24) is 10.0 Å². The number of carbonyl (C=O) groups is 2. The van der Waals surface area contributed by atoms with Crippen LogP contribution in [-0.2, 0) is 14.8 Å². The molecule has 0 aliphatic rings. The largest absolute Gasteiger partial charge is 0.338 e. The third-order valence-corrected chi connectivity index (χ3v) is 5.47. The van der Waals surface area contributed by atoms with Crippen LogP contribution in [0, 0.1) is 0 Å². The van der Waals surface area contributed by atoms with E-state index < -0.39 is 10.0 Å². The van der Waals surface area contributed by atoms with Gasteiger partial charge >= 0.3 is 6.03 Å². The average Bonchev–Trinajstić information content (AvgIpc) is 2.62. The van der Waals surface area contributed by atoms with E-state index in [1.807, 2.05) is 0 Å². The fraction of sp³-hybridized carbons (Fsp3) is 0.222. The van der Waals surface area contributed by atoms with E-state index in [1.165, 1.54) is 12.1 Å². The number of rotatable bonds is 8. The number of amides is 3. The van der Waals surface area contributed by atoms with Gasteiger partial charge in [0.15, 0.2) is 0 Å². The lowest BCUT2D eigenvalue weighted by atomic mass is 10.2. The first-order valence-corrected chi connectivity index (χ1v) is 10.4. The van der Waals surface area contributed by atoms with Gasteiger partial charge in [0.2, 0.25) is 15.9 Å². The van der Waals surface area contributed by atoms with E-state index in [9.17, 15) is 18.0 Å². The SMILES string of the molecule is CCNC(=O)Nc1cccc(NC(=O)CCNS(=O)(=O)c2ccccc2Cl)c1. The molecule has 0 saturated carbocycles. The van der Waals surface area contributed by atoms with Gasteiger partial charge in [0.05, 0.1) is 5.02 Å². The third-order valence-electron chi connectivity index (χ3n) is 3.51. The number of anilines is 2. The molecule has 0 aliphatic carbocycles. The molecule has 0 atom stereocenters. The maximum absolute atomic E-state index is 12.2. The minimum atomic E-state index is -3.80. The van der Waals surface area contributed by atoms with Gasteiger partial charge in [0, 0.05) is 30.9 Å². The molecule has 150 valence electrons. The predicted octanol–water partition coefficient (Wildman–Crippen LogP) is 2.79. The summed E-state index contributed by atoms with van der Waals surface area (Å²) in [5, 5.41) is 8.00. The topological polar surface area (TPSA) is 116 Å². The summed E-state index contributed by atoms with van der Waals surface area (Å²) in [6.07, 6.45) is -0.0718. The van der Waals surface area contributed by atoms with E-state index in [4.69, 9.17) is 11.6 Å². The Morgan fingerprint density at radius 2 is 1.68 bits per heavy atom. The third kappa shape index (κ3) is 6.52. The van der Waals surface area contributed by atoms with E-state index in [2.05, 4.69) is 20.7 Å². The van der Waals surface area contributed by atoms with E-state index in [1.54, 1.807) is 43.3 Å². The van der Waals surface area contributed by atoms with Crippen molar-refractivity contribution in [2.75, 3.05) is 23.7 Å². The summed E-state index contributed by atoms with van der Waals surface area (Å²) in [4.78, 5) is 23.6. The summed E-state index contributed by atoms with van der Waals surface area (Å²) in [6.45, 7) is 2.21. The van der Waals surface area contributed by atoms with Crippen molar-refractivity contribution in [3.05, 3.63) is 53.6 Å². The molecule has 0 aromatic heterocycles. The number of benzene rings is 2. The fourth-order valence-corrected chi connectivity index (χ4v) is 3.82. The van der Waals surface area contributed by atoms with Crippen molar-refractivity contribution in [2.45, 2.75) is 18.2 Å². The lowest BCUT2D eigenvalue weighted by molar-refractivity contribution is -0.116. The first kappa shape index (κ1) is 21.7. The normalized spacial score (nSPS) is 10.9. The summed E-state index contributed by atoms with van der Waals surface area (Å²) in [7, 11) is -3.80. The number of sulfonamides is 1. The highest BCUT2D eigenvalue weighted by Gasteiger charge is 2.17. The summed E-state index contributed by atoms with van der Waals surface area (Å²) in [5.41, 5.74) is 0.997. The van der Waals surface area contributed by atoms with Crippen LogP contribution in [0.4, 0.5) is 16.2 Å². The first-order valence-electron chi connectivity index (χ1n) is 8.51. The van der Waals surface area contributed by atoms with Gasteiger partial charge in [-0.1, -0.05) is 29.8 Å². The zero-order valence-electron chi connectivity index (χ0n) is 15.2. The molecular weight excluding hydrogens is 404 g/mol. The van der Waals surface area contributed by atoms with Crippen LogP contribution in [0.3, 0.4) is 0 Å². The highest BCUT2D eigenvalue weighted by atomic mass is 35.5. The summed E-state index contributed by atoms with van der Waals surface area (Å²) >= 11 is 5.90. The number of halogens is 1. The molecule has 0 aliphatic heterocycles. The first-order chi connectivity index (χ1) is 13.3. The minimum Gasteiger partial charge on any atom is -0.338 e. The molecule has 3 amide bonds. The molecule has 4 N–H and O–H groups in total. The van der Waals surface area contributed by atoms with Gasteiger partial charge in [-0.3, -0.25) is 4.79 Å². The van der Waals surface area contributed by atoms with Gasteiger partial charge in [0.1, 0.15) is 4.90 Å². The highest BCUT2D eigenvalue weighted by molar-refractivity contribution is 7.89. The zero-order chi connectivity index (χ0) is 20.6. The standard InChI is InChI=1S/C18H21ClN4O4S/c1-2-20-18(25)23-14-7-5-6-13(12-14)22-17(24)10-11-21-28(26,27)16-9-4-3-8-15(16)19/h3-9,12,21H,2,10-11H2,1H3,(H,22,24)(H2,20,23,25). The number of nitrogens with one attached hydrogen (secondary N) is 4. The van der Waals surface area contributed by atoms with Crippen molar-refractivity contribution < 1.29 is 18.0 Å². The summed E-state index contributed by atoms with van der Waals surface area (Å²) in [5.74, 6) is -0.378. The van der Waals surface area contributed by atoms with Gasteiger partial charge in [0.25, 0.3) is 0 Å². The molecule has 0 saturated heterocycles. The molecule has 2 rings (SSSR count). The number of carbonyl (C=O) groups excluding carboxylic acids is 2. The smallest absolute Gasteiger partial charge is 0.319 e. The van der Waals surface area contributed by atoms with Crippen LogP contribution in [0.5, 0.6) is 0 Å². The van der Waals surface area contributed by atoms with Gasteiger partial charge in [-0.05, 0) is 37.3 Å². The molecule has 10 heteroatoms. The molecule has 8 nitrogen and oxygen atoms in total. The van der Waals surface area contributed by atoms with Crippen LogP contribution in [0.15, 0.2) is 53.4 Å². The Bertz CT molecular complexity index is 950. The number of urea groups is 1. The van der Waals surface area contributed by atoms with Crippen LogP contribution < -0.4 is 20.7 Å². The van der Waals surface area contributed by atoms with Gasteiger partial charge < -0.3 is 16.0 Å². The summed E-state index contributed by atoms with van der Waals surface area (Å²) in [6, 6.07) is 12.3.